The number of anilines is 1. The average molecular weight is 411 g/mol. The molecule has 0 unspecified atom stereocenters. The normalized spacial score (nSPS) is 12.3. The van der Waals surface area contributed by atoms with Gasteiger partial charge in [-0.3, -0.25) is 4.79 Å². The lowest BCUT2D eigenvalue weighted by Gasteiger charge is -2.14. The molecule has 3 aromatic carbocycles. The molecule has 0 aliphatic rings. The summed E-state index contributed by atoms with van der Waals surface area (Å²) in [5, 5.41) is 4.78. The molecular weight excluding hydrogens is 390 g/mol. The number of sulfone groups is 1. The zero-order chi connectivity index (χ0) is 21.0. The minimum absolute atomic E-state index is 0.174. The smallest absolute Gasteiger partial charge is 0.338 e. The third kappa shape index (κ3) is 5.65. The summed E-state index contributed by atoms with van der Waals surface area (Å²) in [5.74, 6) is -1.33. The maximum absolute atomic E-state index is 12.4. The molecule has 0 aliphatic carbocycles. The van der Waals surface area contributed by atoms with Gasteiger partial charge >= 0.3 is 5.97 Å². The van der Waals surface area contributed by atoms with Crippen molar-refractivity contribution in [1.29, 1.82) is 0 Å². The van der Waals surface area contributed by atoms with Crippen LogP contribution in [0.3, 0.4) is 0 Å². The van der Waals surface area contributed by atoms with Gasteiger partial charge in [-0.2, -0.15) is 0 Å². The highest BCUT2D eigenvalue weighted by atomic mass is 32.2. The number of ether oxygens (including phenoxy) is 1. The van der Waals surface area contributed by atoms with Crippen LogP contribution in [0.4, 0.5) is 5.69 Å². The Bertz CT molecular complexity index is 1170. The van der Waals surface area contributed by atoms with Crippen LogP contribution in [0.5, 0.6) is 0 Å². The van der Waals surface area contributed by atoms with Gasteiger partial charge in [-0.25, -0.2) is 13.2 Å². The number of carbonyl (C=O) groups excluding carboxylic acids is 2. The van der Waals surface area contributed by atoms with Crippen LogP contribution in [-0.2, 0) is 25.1 Å². The first-order chi connectivity index (χ1) is 13.7. The Morgan fingerprint density at radius 1 is 0.966 bits per heavy atom. The van der Waals surface area contributed by atoms with E-state index in [1.165, 1.54) is 19.1 Å². The number of hydrogen-bond donors (Lipinski definition) is 1. The van der Waals surface area contributed by atoms with Crippen molar-refractivity contribution in [1.82, 2.24) is 0 Å². The first kappa shape index (κ1) is 20.5. The van der Waals surface area contributed by atoms with Crippen molar-refractivity contribution in [2.45, 2.75) is 18.8 Å². The summed E-state index contributed by atoms with van der Waals surface area (Å²) in [5.41, 5.74) is 1.28. The first-order valence-corrected chi connectivity index (χ1v) is 11.0. The van der Waals surface area contributed by atoms with Crippen LogP contribution in [0.15, 0.2) is 66.7 Å². The van der Waals surface area contributed by atoms with Gasteiger partial charge in [0, 0.05) is 11.9 Å². The van der Waals surface area contributed by atoms with E-state index < -0.39 is 27.8 Å². The van der Waals surface area contributed by atoms with Crippen LogP contribution in [0.1, 0.15) is 22.8 Å². The van der Waals surface area contributed by atoms with E-state index in [0.29, 0.717) is 11.3 Å². The molecule has 3 rings (SSSR count). The zero-order valence-electron chi connectivity index (χ0n) is 16.1. The van der Waals surface area contributed by atoms with E-state index in [2.05, 4.69) is 5.32 Å². The van der Waals surface area contributed by atoms with Gasteiger partial charge in [-0.15, -0.1) is 0 Å². The van der Waals surface area contributed by atoms with Crippen molar-refractivity contribution in [3.63, 3.8) is 0 Å². The SMILES string of the molecule is C[C@@H](OC(=O)c1cccc(CS(C)(=O)=O)c1)C(=O)Nc1ccc2ccccc2c1. The molecule has 7 heteroatoms. The molecule has 0 aliphatic heterocycles. The monoisotopic (exact) mass is 411 g/mol. The number of amides is 1. The van der Waals surface area contributed by atoms with Gasteiger partial charge in [-0.05, 0) is 47.5 Å². The minimum atomic E-state index is -3.22. The molecule has 0 aromatic heterocycles. The summed E-state index contributed by atoms with van der Waals surface area (Å²) in [6.45, 7) is 1.48. The highest BCUT2D eigenvalue weighted by molar-refractivity contribution is 7.89. The largest absolute Gasteiger partial charge is 0.449 e. The summed E-state index contributed by atoms with van der Waals surface area (Å²) in [4.78, 5) is 24.8. The highest BCUT2D eigenvalue weighted by Gasteiger charge is 2.19. The lowest BCUT2D eigenvalue weighted by molar-refractivity contribution is -0.123. The highest BCUT2D eigenvalue weighted by Crippen LogP contribution is 2.19. The van der Waals surface area contributed by atoms with Gasteiger partial charge < -0.3 is 10.1 Å². The van der Waals surface area contributed by atoms with Crippen LogP contribution in [0.25, 0.3) is 10.8 Å². The summed E-state index contributed by atoms with van der Waals surface area (Å²) in [7, 11) is -3.22. The molecule has 1 atom stereocenters. The fraction of sp³-hybridized carbons (Fsp3) is 0.182. The number of benzene rings is 3. The van der Waals surface area contributed by atoms with E-state index in [1.807, 2.05) is 36.4 Å². The number of hydrogen-bond acceptors (Lipinski definition) is 5. The van der Waals surface area contributed by atoms with Gasteiger partial charge in [0.15, 0.2) is 15.9 Å². The number of rotatable bonds is 6. The Kier molecular flexibility index (Phi) is 5.98. The average Bonchev–Trinajstić information content (AvgIpc) is 2.66. The summed E-state index contributed by atoms with van der Waals surface area (Å²) >= 11 is 0. The molecule has 0 radical (unpaired) electrons. The number of carbonyl (C=O) groups is 2. The van der Waals surface area contributed by atoms with E-state index in [0.717, 1.165) is 17.0 Å². The molecule has 0 heterocycles. The van der Waals surface area contributed by atoms with Gasteiger partial charge in [0.1, 0.15) is 0 Å². The molecule has 0 spiro atoms. The molecule has 1 N–H and O–H groups in total. The quantitative estimate of drug-likeness (QED) is 0.627. The standard InChI is InChI=1S/C22H21NO5S/c1-15(21(24)23-20-11-10-17-7-3-4-8-18(17)13-20)28-22(25)19-9-5-6-16(12-19)14-29(2,26)27/h3-13,15H,14H2,1-2H3,(H,23,24)/t15-/m1/s1. The van der Waals surface area contributed by atoms with E-state index in [9.17, 15) is 18.0 Å². The van der Waals surface area contributed by atoms with Gasteiger partial charge in [0.2, 0.25) is 0 Å². The Balaban J connectivity index is 1.65. The lowest BCUT2D eigenvalue weighted by Crippen LogP contribution is -2.30. The molecule has 6 nitrogen and oxygen atoms in total. The van der Waals surface area contributed by atoms with Crippen LogP contribution < -0.4 is 5.32 Å². The Morgan fingerprint density at radius 3 is 2.41 bits per heavy atom. The van der Waals surface area contributed by atoms with Gasteiger partial charge in [0.05, 0.1) is 11.3 Å². The predicted molar refractivity (Wildman–Crippen MR) is 112 cm³/mol. The molecular formula is C22H21NO5S. The van der Waals surface area contributed by atoms with Crippen LogP contribution >= 0.6 is 0 Å². The fourth-order valence-corrected chi connectivity index (χ4v) is 3.67. The van der Waals surface area contributed by atoms with E-state index in [-0.39, 0.29) is 11.3 Å². The molecule has 29 heavy (non-hydrogen) atoms. The maximum atomic E-state index is 12.4. The predicted octanol–water partition coefficient (Wildman–Crippen LogP) is 3.57. The first-order valence-electron chi connectivity index (χ1n) is 8.98. The van der Waals surface area contributed by atoms with E-state index in [4.69, 9.17) is 4.74 Å². The van der Waals surface area contributed by atoms with Crippen molar-refractivity contribution in [2.75, 3.05) is 11.6 Å². The number of esters is 1. The topological polar surface area (TPSA) is 89.5 Å². The van der Waals surface area contributed by atoms with Crippen molar-refractivity contribution in [2.24, 2.45) is 0 Å². The van der Waals surface area contributed by atoms with Crippen molar-refractivity contribution >= 4 is 38.2 Å². The molecule has 0 bridgehead atoms. The molecule has 0 fully saturated rings. The Labute approximate surface area is 169 Å². The zero-order valence-corrected chi connectivity index (χ0v) is 16.9. The summed E-state index contributed by atoms with van der Waals surface area (Å²) in [6, 6.07) is 19.5. The second-order valence-electron chi connectivity index (χ2n) is 6.87. The summed E-state index contributed by atoms with van der Waals surface area (Å²) < 4.78 is 28.1. The third-order valence-electron chi connectivity index (χ3n) is 4.26. The van der Waals surface area contributed by atoms with Crippen molar-refractivity contribution < 1.29 is 22.7 Å². The van der Waals surface area contributed by atoms with Crippen molar-refractivity contribution in [3.8, 4) is 0 Å². The van der Waals surface area contributed by atoms with Crippen LogP contribution in [0.2, 0.25) is 0 Å². The Morgan fingerprint density at radius 2 is 1.69 bits per heavy atom. The minimum Gasteiger partial charge on any atom is -0.449 e. The van der Waals surface area contributed by atoms with Crippen LogP contribution in [-0.4, -0.2) is 32.7 Å². The second-order valence-corrected chi connectivity index (χ2v) is 9.01. The number of nitrogens with one attached hydrogen (secondary N) is 1. The molecule has 0 saturated carbocycles. The number of fused-ring (bicyclic) bond motifs is 1. The van der Waals surface area contributed by atoms with Crippen LogP contribution in [0, 0.1) is 0 Å². The Hall–Kier alpha value is -3.19. The molecule has 3 aromatic rings. The maximum Gasteiger partial charge on any atom is 0.338 e. The van der Waals surface area contributed by atoms with E-state index >= 15 is 0 Å². The lowest BCUT2D eigenvalue weighted by atomic mass is 10.1. The van der Waals surface area contributed by atoms with E-state index in [1.54, 1.807) is 18.2 Å². The third-order valence-corrected chi connectivity index (χ3v) is 5.12. The summed E-state index contributed by atoms with van der Waals surface area (Å²) in [6.07, 6.45) is 0.101. The molecule has 0 saturated heterocycles. The van der Waals surface area contributed by atoms with Crippen molar-refractivity contribution in [3.05, 3.63) is 77.9 Å². The van der Waals surface area contributed by atoms with Gasteiger partial charge in [0.25, 0.3) is 5.91 Å². The fourth-order valence-electron chi connectivity index (χ4n) is 2.88. The second kappa shape index (κ2) is 8.45. The molecule has 1 amide bonds. The van der Waals surface area contributed by atoms with Gasteiger partial charge in [-0.1, -0.05) is 42.5 Å². The molecule has 150 valence electrons.